The van der Waals surface area contributed by atoms with Gasteiger partial charge in [-0.2, -0.15) is 0 Å². The third-order valence-corrected chi connectivity index (χ3v) is 7.56. The first-order chi connectivity index (χ1) is 14.4. The lowest BCUT2D eigenvalue weighted by atomic mass is 9.91. The molecule has 170 valence electrons. The van der Waals surface area contributed by atoms with Crippen LogP contribution < -0.4 is 20.7 Å². The standard InChI is InChI=1S/C20H27N5O3S2.HI/c1-3-21-20(22-10-11-24-30(27,28)19-9-8-14(2)29-19)23-13-15-12-18(26)25-17-7-5-4-6-16(15)17;/h4-9,15,24H,3,10-13H2,1-2H3,(H,25,26)(H2,21,22,23);1H. The highest BCUT2D eigenvalue weighted by atomic mass is 127. The number of nitrogens with zero attached hydrogens (tertiary/aromatic N) is 1. The van der Waals surface area contributed by atoms with E-state index in [4.69, 9.17) is 0 Å². The molecule has 2 aromatic rings. The van der Waals surface area contributed by atoms with E-state index in [1.165, 1.54) is 11.3 Å². The van der Waals surface area contributed by atoms with E-state index in [-0.39, 0.29) is 42.3 Å². The molecule has 1 atom stereocenters. The van der Waals surface area contributed by atoms with E-state index in [1.54, 1.807) is 12.1 Å². The van der Waals surface area contributed by atoms with Crippen LogP contribution in [0.15, 0.2) is 45.6 Å². The first-order valence-electron chi connectivity index (χ1n) is 9.86. The number of halogens is 1. The number of carbonyl (C=O) groups excluding carboxylic acids is 1. The van der Waals surface area contributed by atoms with Gasteiger partial charge in [0.25, 0.3) is 0 Å². The molecule has 1 unspecified atom stereocenters. The molecule has 0 saturated carbocycles. The molecule has 1 aromatic carbocycles. The lowest BCUT2D eigenvalue weighted by Gasteiger charge is -2.24. The number of nitrogens with one attached hydrogen (secondary N) is 4. The molecular formula is C20H28IN5O3S2. The highest BCUT2D eigenvalue weighted by Crippen LogP contribution is 2.31. The Morgan fingerprint density at radius 1 is 1.19 bits per heavy atom. The Bertz CT molecular complexity index is 1020. The summed E-state index contributed by atoms with van der Waals surface area (Å²) >= 11 is 1.25. The molecule has 1 aromatic heterocycles. The van der Waals surface area contributed by atoms with Crippen molar-refractivity contribution in [1.82, 2.24) is 15.4 Å². The molecule has 4 N–H and O–H groups in total. The van der Waals surface area contributed by atoms with Gasteiger partial charge in [0.1, 0.15) is 4.21 Å². The normalized spacial score (nSPS) is 16.1. The van der Waals surface area contributed by atoms with Crippen molar-refractivity contribution in [1.29, 1.82) is 0 Å². The van der Waals surface area contributed by atoms with Crippen LogP contribution in [0.5, 0.6) is 0 Å². The lowest BCUT2D eigenvalue weighted by molar-refractivity contribution is -0.116. The van der Waals surface area contributed by atoms with Gasteiger partial charge in [0.15, 0.2) is 5.96 Å². The van der Waals surface area contributed by atoms with Crippen LogP contribution >= 0.6 is 35.3 Å². The van der Waals surface area contributed by atoms with Gasteiger partial charge in [0.2, 0.25) is 15.9 Å². The zero-order valence-corrected chi connectivity index (χ0v) is 21.4. The van der Waals surface area contributed by atoms with Crippen molar-refractivity contribution in [3.8, 4) is 0 Å². The maximum absolute atomic E-state index is 12.3. The van der Waals surface area contributed by atoms with Crippen molar-refractivity contribution in [3.05, 3.63) is 46.8 Å². The topological polar surface area (TPSA) is 112 Å². The molecule has 0 saturated heterocycles. The number of aryl methyl sites for hydroxylation is 1. The quantitative estimate of drug-likeness (QED) is 0.167. The molecular weight excluding hydrogens is 549 g/mol. The van der Waals surface area contributed by atoms with Gasteiger partial charge in [-0.15, -0.1) is 35.3 Å². The van der Waals surface area contributed by atoms with Crippen LogP contribution in [-0.4, -0.2) is 46.5 Å². The van der Waals surface area contributed by atoms with Crippen molar-refractivity contribution in [2.45, 2.75) is 30.4 Å². The minimum absolute atomic E-state index is 0. The summed E-state index contributed by atoms with van der Waals surface area (Å²) in [5.74, 6) is 0.586. The minimum Gasteiger partial charge on any atom is -0.357 e. The van der Waals surface area contributed by atoms with Crippen LogP contribution in [0.2, 0.25) is 0 Å². The van der Waals surface area contributed by atoms with Gasteiger partial charge in [-0.3, -0.25) is 9.79 Å². The van der Waals surface area contributed by atoms with E-state index in [0.717, 1.165) is 16.1 Å². The summed E-state index contributed by atoms with van der Waals surface area (Å²) in [6.45, 7) is 5.59. The highest BCUT2D eigenvalue weighted by Gasteiger charge is 2.24. The summed E-state index contributed by atoms with van der Waals surface area (Å²) in [5.41, 5.74) is 1.92. The van der Waals surface area contributed by atoms with Crippen LogP contribution in [0.3, 0.4) is 0 Å². The number of rotatable bonds is 8. The second-order valence-corrected chi connectivity index (χ2v) is 10.2. The van der Waals surface area contributed by atoms with E-state index in [1.807, 2.05) is 38.1 Å². The van der Waals surface area contributed by atoms with Crippen LogP contribution in [0.1, 0.15) is 29.7 Å². The fourth-order valence-corrected chi connectivity index (χ4v) is 5.56. The lowest BCUT2D eigenvalue weighted by Crippen LogP contribution is -2.41. The Balaban J connectivity index is 0.00000341. The molecule has 0 bridgehead atoms. The Hall–Kier alpha value is -1.70. The van der Waals surface area contributed by atoms with Crippen LogP contribution in [-0.2, 0) is 14.8 Å². The van der Waals surface area contributed by atoms with E-state index in [9.17, 15) is 13.2 Å². The van der Waals surface area contributed by atoms with Crippen molar-refractivity contribution in [3.63, 3.8) is 0 Å². The smallest absolute Gasteiger partial charge is 0.250 e. The third kappa shape index (κ3) is 7.16. The third-order valence-electron chi connectivity index (χ3n) is 4.61. The molecule has 2 heterocycles. The van der Waals surface area contributed by atoms with Gasteiger partial charge in [-0.1, -0.05) is 18.2 Å². The van der Waals surface area contributed by atoms with Gasteiger partial charge in [-0.25, -0.2) is 13.1 Å². The molecule has 3 rings (SSSR count). The fraction of sp³-hybridized carbons (Fsp3) is 0.400. The molecule has 11 heteroatoms. The first kappa shape index (κ1) is 25.6. The Morgan fingerprint density at radius 2 is 1.97 bits per heavy atom. The summed E-state index contributed by atoms with van der Waals surface area (Å²) < 4.78 is 27.5. The van der Waals surface area contributed by atoms with Crippen molar-refractivity contribution in [2.75, 3.05) is 31.5 Å². The molecule has 0 spiro atoms. The van der Waals surface area contributed by atoms with Crippen molar-refractivity contribution >= 4 is 62.9 Å². The Labute approximate surface area is 204 Å². The number of hydrogen-bond donors (Lipinski definition) is 4. The van der Waals surface area contributed by atoms with E-state index >= 15 is 0 Å². The number of aliphatic imine (C=N–C) groups is 1. The number of anilines is 1. The number of carbonyl (C=O) groups is 1. The maximum Gasteiger partial charge on any atom is 0.250 e. The second-order valence-electron chi connectivity index (χ2n) is 6.95. The minimum atomic E-state index is -3.49. The molecule has 0 radical (unpaired) electrons. The first-order valence-corrected chi connectivity index (χ1v) is 12.2. The predicted octanol–water partition coefficient (Wildman–Crippen LogP) is 2.63. The van der Waals surface area contributed by atoms with Gasteiger partial charge in [0.05, 0.1) is 6.54 Å². The van der Waals surface area contributed by atoms with Crippen molar-refractivity contribution in [2.24, 2.45) is 4.99 Å². The summed E-state index contributed by atoms with van der Waals surface area (Å²) in [6.07, 6.45) is 0.389. The van der Waals surface area contributed by atoms with Gasteiger partial charge in [0, 0.05) is 42.5 Å². The van der Waals surface area contributed by atoms with E-state index < -0.39 is 10.0 Å². The Morgan fingerprint density at radius 3 is 2.68 bits per heavy atom. The molecule has 1 aliphatic rings. The van der Waals surface area contributed by atoms with E-state index in [0.29, 0.717) is 36.2 Å². The van der Waals surface area contributed by atoms with Crippen LogP contribution in [0.25, 0.3) is 0 Å². The average Bonchev–Trinajstić information content (AvgIpc) is 3.16. The van der Waals surface area contributed by atoms with Crippen LogP contribution in [0, 0.1) is 6.92 Å². The predicted molar refractivity (Wildman–Crippen MR) is 136 cm³/mol. The number of thiophene rings is 1. The SMILES string of the molecule is CCNC(=NCC1CC(=O)Nc2ccccc21)NCCNS(=O)(=O)c1ccc(C)s1.I. The summed E-state index contributed by atoms with van der Waals surface area (Å²) in [5, 5.41) is 9.18. The number of amides is 1. The van der Waals surface area contributed by atoms with Gasteiger partial charge < -0.3 is 16.0 Å². The number of para-hydroxylation sites is 1. The number of benzene rings is 1. The molecule has 8 nitrogen and oxygen atoms in total. The number of guanidine groups is 1. The van der Waals surface area contributed by atoms with Crippen LogP contribution in [0.4, 0.5) is 5.69 Å². The fourth-order valence-electron chi connectivity index (χ4n) is 3.20. The summed E-state index contributed by atoms with van der Waals surface area (Å²) in [4.78, 5) is 17.5. The molecule has 0 fully saturated rings. The number of sulfonamides is 1. The zero-order chi connectivity index (χ0) is 21.6. The number of hydrogen-bond acceptors (Lipinski definition) is 5. The molecule has 0 aliphatic carbocycles. The monoisotopic (exact) mass is 577 g/mol. The summed E-state index contributed by atoms with van der Waals surface area (Å²) in [6, 6.07) is 11.2. The Kier molecular flexibility index (Phi) is 9.72. The highest BCUT2D eigenvalue weighted by molar-refractivity contribution is 14.0. The van der Waals surface area contributed by atoms with Gasteiger partial charge >= 0.3 is 0 Å². The maximum atomic E-state index is 12.3. The van der Waals surface area contributed by atoms with Crippen molar-refractivity contribution < 1.29 is 13.2 Å². The summed E-state index contributed by atoms with van der Waals surface area (Å²) in [7, 11) is -3.49. The molecule has 1 amide bonds. The van der Waals surface area contributed by atoms with Gasteiger partial charge in [-0.05, 0) is 37.6 Å². The van der Waals surface area contributed by atoms with E-state index in [2.05, 4.69) is 25.7 Å². The second kappa shape index (κ2) is 11.8. The average molecular weight is 578 g/mol. The largest absolute Gasteiger partial charge is 0.357 e. The molecule has 1 aliphatic heterocycles. The zero-order valence-electron chi connectivity index (χ0n) is 17.5. The molecule has 31 heavy (non-hydrogen) atoms. The number of fused-ring (bicyclic) bond motifs is 1.